The number of amidine groups is 1. The predicted molar refractivity (Wildman–Crippen MR) is 108 cm³/mol. The van der Waals surface area contributed by atoms with Crippen LogP contribution < -0.4 is 10.6 Å². The fourth-order valence-electron chi connectivity index (χ4n) is 2.90. The SMILES string of the molecule is ClC(Cl)(Cl)C1=NCCCCP(c2ccccc2)(c2ccccc2)=N1. The van der Waals surface area contributed by atoms with Gasteiger partial charge in [0.25, 0.3) is 0 Å². The first-order valence-corrected chi connectivity index (χ1v) is 10.9. The van der Waals surface area contributed by atoms with Gasteiger partial charge in [0, 0.05) is 13.6 Å². The molecule has 0 aromatic heterocycles. The van der Waals surface area contributed by atoms with Crippen LogP contribution in [0.25, 0.3) is 0 Å². The summed E-state index contributed by atoms with van der Waals surface area (Å²) in [5, 5.41) is 2.39. The molecule has 2 nitrogen and oxygen atoms in total. The summed E-state index contributed by atoms with van der Waals surface area (Å²) < 4.78 is 3.44. The van der Waals surface area contributed by atoms with Crippen molar-refractivity contribution in [1.29, 1.82) is 0 Å². The summed E-state index contributed by atoms with van der Waals surface area (Å²) in [5.74, 6) is 0.327. The maximum atomic E-state index is 6.16. The van der Waals surface area contributed by atoms with Crippen molar-refractivity contribution in [2.45, 2.75) is 16.6 Å². The van der Waals surface area contributed by atoms with Gasteiger partial charge >= 0.3 is 0 Å². The van der Waals surface area contributed by atoms with E-state index in [1.165, 1.54) is 10.6 Å². The largest absolute Gasteiger partial charge is 0.267 e. The van der Waals surface area contributed by atoms with Gasteiger partial charge in [-0.3, -0.25) is 4.99 Å². The minimum atomic E-state index is -2.08. The summed E-state index contributed by atoms with van der Waals surface area (Å²) in [6.07, 6.45) is 2.99. The summed E-state index contributed by atoms with van der Waals surface area (Å²) in [7, 11) is -2.08. The molecule has 0 spiro atoms. The van der Waals surface area contributed by atoms with Gasteiger partial charge in [0.2, 0.25) is 3.79 Å². The van der Waals surface area contributed by atoms with Gasteiger partial charge in [0.15, 0.2) is 5.84 Å². The van der Waals surface area contributed by atoms with Crippen molar-refractivity contribution in [3.05, 3.63) is 60.7 Å². The average molecular weight is 400 g/mol. The van der Waals surface area contributed by atoms with E-state index in [1.807, 2.05) is 36.4 Å². The molecule has 126 valence electrons. The van der Waals surface area contributed by atoms with Crippen LogP contribution >= 0.6 is 41.9 Å². The molecule has 1 heterocycles. The fourth-order valence-corrected chi connectivity index (χ4v) is 7.08. The zero-order chi connectivity index (χ0) is 17.0. The molecule has 0 bridgehead atoms. The van der Waals surface area contributed by atoms with E-state index in [9.17, 15) is 0 Å². The van der Waals surface area contributed by atoms with Crippen LogP contribution in [0.1, 0.15) is 12.8 Å². The third-order valence-electron chi connectivity index (χ3n) is 4.04. The van der Waals surface area contributed by atoms with Crippen molar-refractivity contribution >= 4 is 58.3 Å². The highest BCUT2D eigenvalue weighted by Gasteiger charge is 2.33. The minimum absolute atomic E-state index is 0.327. The van der Waals surface area contributed by atoms with Gasteiger partial charge in [0.1, 0.15) is 0 Å². The quantitative estimate of drug-likeness (QED) is 0.477. The van der Waals surface area contributed by atoms with Gasteiger partial charge in [-0.2, -0.15) is 0 Å². The van der Waals surface area contributed by atoms with Gasteiger partial charge in [-0.05, 0) is 29.6 Å². The topological polar surface area (TPSA) is 24.7 Å². The molecule has 0 unspecified atom stereocenters. The van der Waals surface area contributed by atoms with E-state index in [0.717, 1.165) is 19.0 Å². The van der Waals surface area contributed by atoms with Gasteiger partial charge in [-0.15, -0.1) is 0 Å². The third-order valence-corrected chi connectivity index (χ3v) is 8.34. The molecule has 0 radical (unpaired) electrons. The molecule has 3 rings (SSSR count). The summed E-state index contributed by atoms with van der Waals surface area (Å²) in [5.41, 5.74) is 0. The van der Waals surface area contributed by atoms with Crippen LogP contribution in [0.15, 0.2) is 70.4 Å². The Balaban J connectivity index is 2.31. The number of nitrogens with zero attached hydrogens (tertiary/aromatic N) is 2. The number of halogens is 3. The summed E-state index contributed by atoms with van der Waals surface area (Å²) in [6.45, 7) is 0.649. The number of alkyl halides is 3. The lowest BCUT2D eigenvalue weighted by Gasteiger charge is -2.29. The highest BCUT2D eigenvalue weighted by molar-refractivity contribution is 7.81. The monoisotopic (exact) mass is 398 g/mol. The Labute approximate surface area is 157 Å². The van der Waals surface area contributed by atoms with Gasteiger partial charge in [-0.25, -0.2) is 4.74 Å². The maximum Gasteiger partial charge on any atom is 0.249 e. The molecule has 2 aromatic rings. The molecule has 0 saturated heterocycles. The van der Waals surface area contributed by atoms with Crippen LogP contribution in [-0.2, 0) is 0 Å². The summed E-state index contributed by atoms with van der Waals surface area (Å²) >= 11 is 18.5. The highest BCUT2D eigenvalue weighted by atomic mass is 35.6. The number of hydrogen-bond donors (Lipinski definition) is 0. The molecule has 0 aliphatic carbocycles. The Hall–Kier alpha value is -0.790. The lowest BCUT2D eigenvalue weighted by molar-refractivity contribution is 0.806. The van der Waals surface area contributed by atoms with Crippen molar-refractivity contribution in [1.82, 2.24) is 0 Å². The molecule has 24 heavy (non-hydrogen) atoms. The van der Waals surface area contributed by atoms with Gasteiger partial charge in [0.05, 0.1) is 0 Å². The maximum absolute atomic E-state index is 6.16. The first-order chi connectivity index (χ1) is 11.5. The smallest absolute Gasteiger partial charge is 0.249 e. The van der Waals surface area contributed by atoms with Crippen LogP contribution in [0.3, 0.4) is 0 Å². The Morgan fingerprint density at radius 3 is 1.83 bits per heavy atom. The molecule has 6 heteroatoms. The Morgan fingerprint density at radius 2 is 1.33 bits per heavy atom. The molecule has 0 N–H and O–H groups in total. The fraction of sp³-hybridized carbons (Fsp3) is 0.278. The predicted octanol–water partition coefficient (Wildman–Crippen LogP) is 5.40. The third kappa shape index (κ3) is 3.89. The lowest BCUT2D eigenvalue weighted by atomic mass is 10.3. The molecule has 0 atom stereocenters. The molecular formula is C18H18Cl3N2P. The van der Waals surface area contributed by atoms with Gasteiger partial charge < -0.3 is 0 Å². The first kappa shape index (κ1) is 18.0. The van der Waals surface area contributed by atoms with E-state index in [1.54, 1.807) is 0 Å². The highest BCUT2D eigenvalue weighted by Crippen LogP contribution is 2.50. The number of rotatable bonds is 2. The standard InChI is InChI=1S/C18H18Cl3N2P/c19-18(20,21)17-22-13-7-8-14-24(23-17,15-9-3-1-4-10-15)16-11-5-2-6-12-16/h1-6,9-12H,7-8,13-14H2. The van der Waals surface area contributed by atoms with E-state index in [2.05, 4.69) is 29.3 Å². The summed E-state index contributed by atoms with van der Waals surface area (Å²) in [4.78, 5) is 4.48. The molecule has 0 fully saturated rings. The molecular weight excluding hydrogens is 382 g/mol. The van der Waals surface area contributed by atoms with E-state index < -0.39 is 10.8 Å². The number of aliphatic imine (C=N–C) groups is 1. The van der Waals surface area contributed by atoms with Crippen LogP contribution in [0.5, 0.6) is 0 Å². The van der Waals surface area contributed by atoms with E-state index in [4.69, 9.17) is 39.5 Å². The van der Waals surface area contributed by atoms with Crippen LogP contribution in [0.2, 0.25) is 0 Å². The normalized spacial score (nSPS) is 18.0. The van der Waals surface area contributed by atoms with E-state index in [0.29, 0.717) is 12.4 Å². The number of hydrogen-bond acceptors (Lipinski definition) is 2. The van der Waals surface area contributed by atoms with Crippen molar-refractivity contribution < 1.29 is 0 Å². The van der Waals surface area contributed by atoms with Crippen molar-refractivity contribution in [2.75, 3.05) is 12.7 Å². The zero-order valence-corrected chi connectivity index (χ0v) is 16.2. The van der Waals surface area contributed by atoms with Crippen molar-refractivity contribution in [3.63, 3.8) is 0 Å². The Bertz CT molecular complexity index is 724. The van der Waals surface area contributed by atoms with Crippen LogP contribution in [0.4, 0.5) is 0 Å². The molecule has 0 saturated carbocycles. The van der Waals surface area contributed by atoms with Crippen molar-refractivity contribution in [2.24, 2.45) is 9.74 Å². The Kier molecular flexibility index (Phi) is 5.72. The second-order valence-electron chi connectivity index (χ2n) is 5.67. The Morgan fingerprint density at radius 1 is 0.792 bits per heavy atom. The van der Waals surface area contributed by atoms with Gasteiger partial charge in [-0.1, -0.05) is 95.5 Å². The average Bonchev–Trinajstić information content (AvgIpc) is 2.56. The zero-order valence-electron chi connectivity index (χ0n) is 13.1. The molecule has 0 amide bonds. The second kappa shape index (κ2) is 7.62. The first-order valence-electron chi connectivity index (χ1n) is 7.87. The van der Waals surface area contributed by atoms with E-state index >= 15 is 0 Å². The minimum Gasteiger partial charge on any atom is -0.267 e. The lowest BCUT2D eigenvalue weighted by Crippen LogP contribution is -2.25. The summed E-state index contributed by atoms with van der Waals surface area (Å²) in [6, 6.07) is 20.7. The molecule has 1 aliphatic heterocycles. The van der Waals surface area contributed by atoms with Crippen LogP contribution in [-0.4, -0.2) is 22.3 Å². The van der Waals surface area contributed by atoms with Crippen molar-refractivity contribution in [3.8, 4) is 0 Å². The second-order valence-corrected chi connectivity index (χ2v) is 11.2. The molecule has 2 aromatic carbocycles. The van der Waals surface area contributed by atoms with E-state index in [-0.39, 0.29) is 0 Å². The number of benzene rings is 2. The molecule has 1 aliphatic rings. The van der Waals surface area contributed by atoms with Crippen LogP contribution in [0, 0.1) is 0 Å².